The SMILES string of the molecule is C=C1COc2ccc(C)cc2N1.C=C1COc2ccc(C)nc2N1.C=C1CSc2ccc(C)cc2N1.C=C1CSc2ccc(C)nc2N1.Cc1cc(-c2cccs2)on1.Cc1cc2c(nn1)OCCO2.Cc1cc2sccc2s1.Cc1ccc2c(c1)OCCO2. The largest absolute Gasteiger partial charge is 0.486 e. The lowest BCUT2D eigenvalue weighted by Gasteiger charge is -2.20. The number of rotatable bonds is 1. The molecule has 0 saturated carbocycles. The topological polar surface area (TPSA) is 181 Å². The Morgan fingerprint density at radius 1 is 0.433 bits per heavy atom. The molecule has 16 rings (SSSR count). The lowest BCUT2D eigenvalue weighted by atomic mass is 10.2. The molecule has 0 radical (unpaired) electrons. The van der Waals surface area contributed by atoms with Crippen LogP contribution in [-0.2, 0) is 0 Å². The van der Waals surface area contributed by atoms with Gasteiger partial charge in [0.25, 0.3) is 5.88 Å². The number of benzene rings is 3. The van der Waals surface area contributed by atoms with Crippen molar-refractivity contribution >= 4 is 89.9 Å². The number of hydrogen-bond acceptors (Lipinski definition) is 21. The highest BCUT2D eigenvalue weighted by Crippen LogP contribution is 2.36. The Hall–Kier alpha value is -8.73. The number of hydrogen-bond donors (Lipinski definition) is 4. The highest BCUT2D eigenvalue weighted by atomic mass is 32.2. The van der Waals surface area contributed by atoms with Gasteiger partial charge in [-0.3, -0.25) is 0 Å². The van der Waals surface area contributed by atoms with Gasteiger partial charge in [-0.15, -0.1) is 62.6 Å². The van der Waals surface area contributed by atoms with Crippen LogP contribution in [0, 0.1) is 55.4 Å². The normalized spacial score (nSPS) is 13.9. The third-order valence-corrected chi connectivity index (χ3v) is 18.1. The van der Waals surface area contributed by atoms with Crippen molar-refractivity contribution in [2.75, 3.05) is 72.4 Å². The summed E-state index contributed by atoms with van der Waals surface area (Å²) in [6.45, 7) is 35.0. The summed E-state index contributed by atoms with van der Waals surface area (Å²) >= 11 is 8.97. The molecule has 10 aromatic rings. The number of thioether (sulfide) groups is 2. The van der Waals surface area contributed by atoms with Crippen LogP contribution in [0.15, 0.2) is 189 Å². The molecule has 0 atom stereocenters. The number of pyridine rings is 2. The monoisotopic (exact) mass is 1300 g/mol. The first-order valence-electron chi connectivity index (χ1n) is 28.8. The minimum Gasteiger partial charge on any atom is -0.486 e. The molecule has 6 aliphatic rings. The van der Waals surface area contributed by atoms with E-state index in [1.54, 1.807) is 23.1 Å². The highest BCUT2D eigenvalue weighted by Gasteiger charge is 2.17. The second kappa shape index (κ2) is 32.1. The van der Waals surface area contributed by atoms with E-state index in [-0.39, 0.29) is 0 Å². The molecule has 16 nitrogen and oxygen atoms in total. The van der Waals surface area contributed by atoms with Crippen molar-refractivity contribution in [3.05, 3.63) is 219 Å². The van der Waals surface area contributed by atoms with Crippen LogP contribution < -0.4 is 49.7 Å². The first-order valence-corrected chi connectivity index (χ1v) is 33.4. The van der Waals surface area contributed by atoms with Gasteiger partial charge in [0, 0.05) is 77.0 Å². The minimum absolute atomic E-state index is 0.502. The van der Waals surface area contributed by atoms with Gasteiger partial charge in [-0.2, -0.15) is 5.10 Å². The van der Waals surface area contributed by atoms with Crippen molar-refractivity contribution in [3.8, 4) is 45.3 Å². The molecule has 0 amide bonds. The van der Waals surface area contributed by atoms with Crippen LogP contribution in [0.3, 0.4) is 0 Å². The lowest BCUT2D eigenvalue weighted by Crippen LogP contribution is -2.16. The van der Waals surface area contributed by atoms with Crippen LogP contribution in [0.1, 0.15) is 44.3 Å². The third kappa shape index (κ3) is 19.6. The maximum absolute atomic E-state index is 5.43. The molecule has 90 heavy (non-hydrogen) atoms. The van der Waals surface area contributed by atoms with Crippen molar-refractivity contribution < 1.29 is 32.9 Å². The molecule has 0 spiro atoms. The van der Waals surface area contributed by atoms with Gasteiger partial charge < -0.3 is 54.2 Å². The molecule has 13 heterocycles. The first-order chi connectivity index (χ1) is 43.5. The van der Waals surface area contributed by atoms with Crippen molar-refractivity contribution in [3.63, 3.8) is 0 Å². The van der Waals surface area contributed by atoms with Crippen molar-refractivity contribution in [1.29, 1.82) is 0 Å². The van der Waals surface area contributed by atoms with Crippen molar-refractivity contribution in [2.24, 2.45) is 0 Å². The van der Waals surface area contributed by atoms with Crippen LogP contribution >= 0.6 is 57.5 Å². The van der Waals surface area contributed by atoms with Crippen LogP contribution in [-0.4, -0.2) is 76.5 Å². The summed E-state index contributed by atoms with van der Waals surface area (Å²) in [5, 5.41) is 28.3. The Morgan fingerprint density at radius 2 is 1.03 bits per heavy atom. The predicted molar refractivity (Wildman–Crippen MR) is 373 cm³/mol. The van der Waals surface area contributed by atoms with Gasteiger partial charge in [0.05, 0.1) is 32.5 Å². The van der Waals surface area contributed by atoms with Crippen molar-refractivity contribution in [2.45, 2.75) is 65.2 Å². The number of nitrogens with one attached hydrogen (secondary N) is 4. The Bertz CT molecular complexity index is 3750. The average Bonchev–Trinajstić information content (AvgIpc) is 2.23. The van der Waals surface area contributed by atoms with E-state index in [0.717, 1.165) is 108 Å². The highest BCUT2D eigenvalue weighted by molar-refractivity contribution is 8.00. The molecule has 21 heteroatoms. The molecule has 0 aliphatic carbocycles. The molecule has 466 valence electrons. The van der Waals surface area contributed by atoms with Gasteiger partial charge in [-0.25, -0.2) is 9.97 Å². The number of nitrogens with zero attached hydrogens (tertiary/aromatic N) is 5. The van der Waals surface area contributed by atoms with Crippen LogP contribution in [0.25, 0.3) is 20.0 Å². The third-order valence-electron chi connectivity index (χ3n) is 12.9. The van der Waals surface area contributed by atoms with Crippen LogP contribution in [0.5, 0.6) is 34.6 Å². The van der Waals surface area contributed by atoms with E-state index in [9.17, 15) is 0 Å². The summed E-state index contributed by atoms with van der Waals surface area (Å²) in [6, 6.07) is 38.7. The summed E-state index contributed by atoms with van der Waals surface area (Å²) in [5.74, 6) is 9.15. The van der Waals surface area contributed by atoms with E-state index in [1.165, 1.54) is 46.4 Å². The second-order valence-corrected chi connectivity index (χ2v) is 26.2. The zero-order chi connectivity index (χ0) is 63.5. The lowest BCUT2D eigenvalue weighted by molar-refractivity contribution is 0.162. The van der Waals surface area contributed by atoms with Crippen molar-refractivity contribution in [1.82, 2.24) is 25.3 Å². The van der Waals surface area contributed by atoms with E-state index in [1.807, 2.05) is 147 Å². The zero-order valence-electron chi connectivity index (χ0n) is 51.7. The van der Waals surface area contributed by atoms with E-state index in [2.05, 4.69) is 142 Å². The summed E-state index contributed by atoms with van der Waals surface area (Å²) < 4.78 is 39.9. The summed E-state index contributed by atoms with van der Waals surface area (Å²) in [6.07, 6.45) is 0. The van der Waals surface area contributed by atoms with Crippen LogP contribution in [0.4, 0.5) is 23.0 Å². The van der Waals surface area contributed by atoms with E-state index < -0.39 is 0 Å². The molecular formula is C69H73N9O7S5. The second-order valence-electron chi connectivity index (χ2n) is 21.0. The Kier molecular flexibility index (Phi) is 23.5. The minimum atomic E-state index is 0.502. The molecule has 3 aromatic carbocycles. The summed E-state index contributed by atoms with van der Waals surface area (Å²) in [4.78, 5) is 13.7. The fourth-order valence-corrected chi connectivity index (χ4v) is 13.0. The van der Waals surface area contributed by atoms with Gasteiger partial charge in [-0.05, 0) is 162 Å². The zero-order valence-corrected chi connectivity index (χ0v) is 55.8. The fourth-order valence-electron chi connectivity index (χ4n) is 8.64. The predicted octanol–water partition coefficient (Wildman–Crippen LogP) is 17.8. The summed E-state index contributed by atoms with van der Waals surface area (Å²) in [5.41, 5.74) is 13.6. The maximum Gasteiger partial charge on any atom is 0.276 e. The van der Waals surface area contributed by atoms with E-state index >= 15 is 0 Å². The van der Waals surface area contributed by atoms with E-state index in [4.69, 9.17) is 32.9 Å². The van der Waals surface area contributed by atoms with Crippen LogP contribution in [0.2, 0.25) is 0 Å². The molecular weight excluding hydrogens is 1230 g/mol. The number of aromatic nitrogens is 5. The Balaban J connectivity index is 0.000000122. The Morgan fingerprint density at radius 3 is 1.77 bits per heavy atom. The first kappa shape index (κ1) is 65.7. The molecule has 7 aromatic heterocycles. The molecule has 0 unspecified atom stereocenters. The molecule has 6 aliphatic heterocycles. The molecule has 4 N–H and O–H groups in total. The quantitative estimate of drug-likeness (QED) is 0.122. The van der Waals surface area contributed by atoms with Gasteiger partial charge in [0.2, 0.25) is 0 Å². The maximum atomic E-state index is 5.43. The molecule has 0 saturated heterocycles. The van der Waals surface area contributed by atoms with Gasteiger partial charge in [-0.1, -0.05) is 55.7 Å². The van der Waals surface area contributed by atoms with Gasteiger partial charge in [0.15, 0.2) is 34.6 Å². The van der Waals surface area contributed by atoms with Gasteiger partial charge >= 0.3 is 0 Å². The number of aryl methyl sites for hydroxylation is 8. The smallest absolute Gasteiger partial charge is 0.276 e. The molecule has 0 fully saturated rings. The van der Waals surface area contributed by atoms with Gasteiger partial charge in [0.1, 0.15) is 51.2 Å². The number of fused-ring (bicyclic) bond motifs is 7. The fraction of sp³-hybridized carbons (Fsp3) is 0.232. The number of anilines is 4. The number of thiophene rings is 3. The molecule has 0 bridgehead atoms. The van der Waals surface area contributed by atoms with E-state index in [0.29, 0.717) is 51.3 Å². The number of ether oxygens (including phenoxy) is 6. The standard InChI is InChI=1S/C10H11NO.C10H11NS.C9H10N2O.C9H10N2S.C9H10O2.C8H7NOS.C7H8N2O2.C7H6S2/c2*1-7-3-4-10-9(5-7)11-8(2)6-12-10;2*1-6-3-4-8-9(10-6)11-7(2)5-12-8;1-7-2-3-8-9(6-7)11-5-4-10-8;1-6-5-7(10-9-6)8-3-2-4-11-8;1-5-4-6-7(9-8-5)11-3-2-10-6;1-5-4-7-6(9-5)2-3-8-7/h2*3-5,11H,2,6H2,1H3;2*3-4H,2,5H2,1H3,(H,10,11);2-3,6H,4-5H2,1H3;2-5H,1H3;4H,2-3H2,1H3;2-4H,1H3. The summed E-state index contributed by atoms with van der Waals surface area (Å²) in [7, 11) is 0. The Labute approximate surface area is 546 Å². The average molecular weight is 1300 g/mol.